The Morgan fingerprint density at radius 3 is 2.80 bits per heavy atom. The summed E-state index contributed by atoms with van der Waals surface area (Å²) in [5.74, 6) is 0.481. The standard InChI is InChI=1S/C11H14BrN3/c1-4-9-10(12)11-13-5-8(7(2)3)6-15(11)14-9/h5-7H,4H2,1-3H3. The highest BCUT2D eigenvalue weighted by Gasteiger charge is 2.10. The second kappa shape index (κ2) is 3.93. The fraction of sp³-hybridized carbons (Fsp3) is 0.455. The molecule has 4 heteroatoms. The average Bonchev–Trinajstić information content (AvgIpc) is 2.55. The normalized spacial score (nSPS) is 11.5. The molecule has 0 saturated heterocycles. The zero-order valence-corrected chi connectivity index (χ0v) is 10.7. The maximum absolute atomic E-state index is 4.48. The Labute approximate surface area is 97.6 Å². The highest BCUT2D eigenvalue weighted by atomic mass is 79.9. The molecule has 0 N–H and O–H groups in total. The molecule has 0 radical (unpaired) electrons. The van der Waals surface area contributed by atoms with Crippen LogP contribution in [-0.4, -0.2) is 14.6 Å². The maximum atomic E-state index is 4.48. The molecule has 0 atom stereocenters. The summed E-state index contributed by atoms with van der Waals surface area (Å²) in [6, 6.07) is 0. The van der Waals surface area contributed by atoms with E-state index in [1.54, 1.807) is 0 Å². The lowest BCUT2D eigenvalue weighted by molar-refractivity contribution is 0.812. The topological polar surface area (TPSA) is 30.2 Å². The highest BCUT2D eigenvalue weighted by molar-refractivity contribution is 9.10. The molecule has 2 rings (SSSR count). The number of rotatable bonds is 2. The molecule has 0 aliphatic rings. The van der Waals surface area contributed by atoms with Crippen LogP contribution in [-0.2, 0) is 6.42 Å². The van der Waals surface area contributed by atoms with Crippen molar-refractivity contribution in [2.24, 2.45) is 0 Å². The van der Waals surface area contributed by atoms with Crippen molar-refractivity contribution in [2.75, 3.05) is 0 Å². The number of hydrogen-bond donors (Lipinski definition) is 0. The number of halogens is 1. The second-order valence-corrected chi connectivity index (χ2v) is 4.72. The predicted molar refractivity (Wildman–Crippen MR) is 64.2 cm³/mol. The van der Waals surface area contributed by atoms with E-state index in [-0.39, 0.29) is 0 Å². The molecule has 0 aliphatic heterocycles. The first-order valence-electron chi connectivity index (χ1n) is 5.16. The molecule has 0 unspecified atom stereocenters. The van der Waals surface area contributed by atoms with Gasteiger partial charge in [-0.15, -0.1) is 0 Å². The van der Waals surface area contributed by atoms with Gasteiger partial charge in [-0.1, -0.05) is 20.8 Å². The smallest absolute Gasteiger partial charge is 0.169 e. The minimum absolute atomic E-state index is 0.481. The van der Waals surface area contributed by atoms with E-state index in [0.717, 1.165) is 22.2 Å². The van der Waals surface area contributed by atoms with Crippen LogP contribution < -0.4 is 0 Å². The van der Waals surface area contributed by atoms with Crippen LogP contribution in [0.3, 0.4) is 0 Å². The van der Waals surface area contributed by atoms with Gasteiger partial charge in [-0.2, -0.15) is 5.10 Å². The van der Waals surface area contributed by atoms with E-state index < -0.39 is 0 Å². The minimum Gasteiger partial charge on any atom is -0.236 e. The molecule has 2 aromatic heterocycles. The summed E-state index contributed by atoms with van der Waals surface area (Å²) in [4.78, 5) is 4.42. The van der Waals surface area contributed by atoms with E-state index >= 15 is 0 Å². The number of nitrogens with zero attached hydrogens (tertiary/aromatic N) is 3. The summed E-state index contributed by atoms with van der Waals surface area (Å²) < 4.78 is 2.87. The minimum atomic E-state index is 0.481. The summed E-state index contributed by atoms with van der Waals surface area (Å²) in [5.41, 5.74) is 3.17. The Hall–Kier alpha value is -0.900. The van der Waals surface area contributed by atoms with Gasteiger partial charge in [-0.3, -0.25) is 0 Å². The van der Waals surface area contributed by atoms with Gasteiger partial charge >= 0.3 is 0 Å². The Morgan fingerprint density at radius 2 is 2.20 bits per heavy atom. The van der Waals surface area contributed by atoms with E-state index in [1.807, 2.05) is 10.7 Å². The van der Waals surface area contributed by atoms with E-state index in [0.29, 0.717) is 5.92 Å². The fourth-order valence-electron chi connectivity index (χ4n) is 1.49. The Kier molecular flexibility index (Phi) is 2.78. The molecule has 3 nitrogen and oxygen atoms in total. The van der Waals surface area contributed by atoms with Crippen molar-refractivity contribution < 1.29 is 0 Å². The number of aromatic nitrogens is 3. The fourth-order valence-corrected chi connectivity index (χ4v) is 2.13. The van der Waals surface area contributed by atoms with E-state index in [9.17, 15) is 0 Å². The molecule has 15 heavy (non-hydrogen) atoms. The molecule has 0 amide bonds. The van der Waals surface area contributed by atoms with Crippen LogP contribution in [0.2, 0.25) is 0 Å². The SMILES string of the molecule is CCc1nn2cc(C(C)C)cnc2c1Br. The van der Waals surface area contributed by atoms with Crippen molar-refractivity contribution in [1.29, 1.82) is 0 Å². The monoisotopic (exact) mass is 267 g/mol. The first-order chi connectivity index (χ1) is 7.13. The number of fused-ring (bicyclic) bond motifs is 1. The quantitative estimate of drug-likeness (QED) is 0.837. The maximum Gasteiger partial charge on any atom is 0.169 e. The molecule has 0 aliphatic carbocycles. The van der Waals surface area contributed by atoms with Crippen molar-refractivity contribution >= 4 is 21.6 Å². The number of aryl methyl sites for hydroxylation is 1. The third-order valence-electron chi connectivity index (χ3n) is 2.50. The first-order valence-corrected chi connectivity index (χ1v) is 5.95. The Balaban J connectivity index is 2.63. The van der Waals surface area contributed by atoms with Crippen molar-refractivity contribution in [3.05, 3.63) is 28.1 Å². The van der Waals surface area contributed by atoms with Crippen molar-refractivity contribution in [1.82, 2.24) is 14.6 Å². The van der Waals surface area contributed by atoms with Crippen LogP contribution in [0.5, 0.6) is 0 Å². The molecule has 2 heterocycles. The van der Waals surface area contributed by atoms with Crippen LogP contribution >= 0.6 is 15.9 Å². The predicted octanol–water partition coefficient (Wildman–Crippen LogP) is 3.18. The molecule has 2 aromatic rings. The van der Waals surface area contributed by atoms with Gasteiger partial charge in [-0.05, 0) is 33.8 Å². The largest absolute Gasteiger partial charge is 0.236 e. The lowest BCUT2D eigenvalue weighted by Crippen LogP contribution is -1.96. The summed E-state index contributed by atoms with van der Waals surface area (Å²) in [6.07, 6.45) is 4.89. The molecule has 0 saturated carbocycles. The summed E-state index contributed by atoms with van der Waals surface area (Å²) in [5, 5.41) is 4.48. The van der Waals surface area contributed by atoms with Crippen molar-refractivity contribution in [2.45, 2.75) is 33.1 Å². The summed E-state index contributed by atoms with van der Waals surface area (Å²) in [7, 11) is 0. The van der Waals surface area contributed by atoms with Crippen LogP contribution in [0.1, 0.15) is 37.9 Å². The van der Waals surface area contributed by atoms with E-state index in [4.69, 9.17) is 0 Å². The van der Waals surface area contributed by atoms with Crippen LogP contribution in [0, 0.1) is 0 Å². The lowest BCUT2D eigenvalue weighted by Gasteiger charge is -2.03. The molecule has 0 bridgehead atoms. The van der Waals surface area contributed by atoms with Crippen LogP contribution in [0.25, 0.3) is 5.65 Å². The van der Waals surface area contributed by atoms with E-state index in [1.165, 1.54) is 5.56 Å². The highest BCUT2D eigenvalue weighted by Crippen LogP contribution is 2.22. The third-order valence-corrected chi connectivity index (χ3v) is 3.32. The molecule has 80 valence electrons. The van der Waals surface area contributed by atoms with Crippen LogP contribution in [0.15, 0.2) is 16.9 Å². The third kappa shape index (κ3) is 1.78. The average molecular weight is 268 g/mol. The second-order valence-electron chi connectivity index (χ2n) is 3.92. The van der Waals surface area contributed by atoms with Gasteiger partial charge in [-0.25, -0.2) is 9.50 Å². The molecule has 0 fully saturated rings. The number of hydrogen-bond acceptors (Lipinski definition) is 2. The zero-order valence-electron chi connectivity index (χ0n) is 9.16. The van der Waals surface area contributed by atoms with Gasteiger partial charge in [0, 0.05) is 12.4 Å². The van der Waals surface area contributed by atoms with Gasteiger partial charge in [0.05, 0.1) is 10.2 Å². The first kappa shape index (κ1) is 10.6. The van der Waals surface area contributed by atoms with Gasteiger partial charge in [0.25, 0.3) is 0 Å². The molecule has 0 spiro atoms. The van der Waals surface area contributed by atoms with Crippen molar-refractivity contribution in [3.8, 4) is 0 Å². The van der Waals surface area contributed by atoms with Gasteiger partial charge in [0.2, 0.25) is 0 Å². The zero-order chi connectivity index (χ0) is 11.0. The van der Waals surface area contributed by atoms with Gasteiger partial charge in [0.15, 0.2) is 5.65 Å². The molecule has 0 aromatic carbocycles. The molecular formula is C11H14BrN3. The van der Waals surface area contributed by atoms with Gasteiger partial charge in [0.1, 0.15) is 0 Å². The van der Waals surface area contributed by atoms with E-state index in [2.05, 4.69) is 53.0 Å². The lowest BCUT2D eigenvalue weighted by atomic mass is 10.1. The summed E-state index contributed by atoms with van der Waals surface area (Å²) >= 11 is 3.53. The Bertz CT molecular complexity index is 488. The summed E-state index contributed by atoms with van der Waals surface area (Å²) in [6.45, 7) is 6.40. The molecular weight excluding hydrogens is 254 g/mol. The Morgan fingerprint density at radius 1 is 1.47 bits per heavy atom. The van der Waals surface area contributed by atoms with Crippen LogP contribution in [0.4, 0.5) is 0 Å². The van der Waals surface area contributed by atoms with Gasteiger partial charge < -0.3 is 0 Å². The van der Waals surface area contributed by atoms with Crippen molar-refractivity contribution in [3.63, 3.8) is 0 Å².